The molecule has 0 bridgehead atoms. The molecule has 1 heterocycles. The molecule has 34 heavy (non-hydrogen) atoms. The van der Waals surface area contributed by atoms with E-state index >= 15 is 0 Å². The summed E-state index contributed by atoms with van der Waals surface area (Å²) < 4.78 is 32.6. The van der Waals surface area contributed by atoms with E-state index in [0.29, 0.717) is 23.1 Å². The Bertz CT molecular complexity index is 1310. The van der Waals surface area contributed by atoms with Crippen molar-refractivity contribution in [1.29, 1.82) is 0 Å². The van der Waals surface area contributed by atoms with Gasteiger partial charge in [-0.15, -0.1) is 15.3 Å². The molecule has 0 saturated carbocycles. The summed E-state index contributed by atoms with van der Waals surface area (Å²) in [6.45, 7) is 5.41. The maximum Gasteiger partial charge on any atom is 0.279 e. The Morgan fingerprint density at radius 3 is 2.35 bits per heavy atom. The third kappa shape index (κ3) is 6.59. The highest BCUT2D eigenvalue weighted by atomic mass is 32.2. The monoisotopic (exact) mass is 502 g/mol. The number of carbonyl (C=O) groups is 1. The van der Waals surface area contributed by atoms with Crippen LogP contribution in [0.5, 0.6) is 5.75 Å². The maximum atomic E-state index is 12.5. The highest BCUT2D eigenvalue weighted by molar-refractivity contribution is 7.93. The first-order chi connectivity index (χ1) is 16.2. The van der Waals surface area contributed by atoms with E-state index in [1.807, 2.05) is 6.92 Å². The van der Waals surface area contributed by atoms with Crippen molar-refractivity contribution in [2.24, 2.45) is 10.2 Å². The van der Waals surface area contributed by atoms with E-state index in [9.17, 15) is 18.3 Å². The van der Waals surface area contributed by atoms with E-state index in [1.165, 1.54) is 31.2 Å². The number of carbonyl (C=O) groups excluding carboxylic acids is 1. The number of nitrogens with zero attached hydrogens (tertiary/aromatic N) is 4. The fourth-order valence-electron chi connectivity index (χ4n) is 2.58. The van der Waals surface area contributed by atoms with Crippen molar-refractivity contribution in [2.75, 3.05) is 16.6 Å². The Morgan fingerprint density at radius 1 is 1.12 bits per heavy atom. The van der Waals surface area contributed by atoms with E-state index in [0.717, 1.165) is 11.3 Å². The normalized spacial score (nSPS) is 12.3. The van der Waals surface area contributed by atoms with Crippen molar-refractivity contribution in [2.45, 2.75) is 25.7 Å². The van der Waals surface area contributed by atoms with Crippen LogP contribution < -0.4 is 14.8 Å². The van der Waals surface area contributed by atoms with Gasteiger partial charge in [0.25, 0.3) is 15.9 Å². The lowest BCUT2D eigenvalue weighted by Crippen LogP contribution is -2.14. The molecular weight excluding hydrogens is 480 g/mol. The first-order valence-electron chi connectivity index (χ1n) is 9.96. The fourth-order valence-corrected chi connectivity index (χ4v) is 4.41. The minimum Gasteiger partial charge on any atom is -0.510 e. The summed E-state index contributed by atoms with van der Waals surface area (Å²) in [6.07, 6.45) is 0. The van der Waals surface area contributed by atoms with Gasteiger partial charge in [-0.2, -0.15) is 5.11 Å². The molecule has 13 heteroatoms. The molecule has 0 radical (unpaired) electrons. The zero-order valence-corrected chi connectivity index (χ0v) is 20.1. The van der Waals surface area contributed by atoms with Gasteiger partial charge in [0.1, 0.15) is 16.5 Å². The highest BCUT2D eigenvalue weighted by Crippen LogP contribution is 2.23. The molecule has 2 aromatic carbocycles. The molecule has 0 unspecified atom stereocenters. The predicted octanol–water partition coefficient (Wildman–Crippen LogP) is 4.56. The number of aromatic nitrogens is 2. The van der Waals surface area contributed by atoms with Gasteiger partial charge >= 0.3 is 0 Å². The second-order valence-corrected chi connectivity index (χ2v) is 9.64. The van der Waals surface area contributed by atoms with Crippen LogP contribution in [0.2, 0.25) is 0 Å². The first-order valence-corrected chi connectivity index (χ1v) is 12.3. The largest absolute Gasteiger partial charge is 0.510 e. The summed E-state index contributed by atoms with van der Waals surface area (Å²) in [7, 11) is -3.85. The number of hydrogen-bond donors (Lipinski definition) is 3. The molecule has 0 spiro atoms. The Hall–Kier alpha value is -3.84. The number of benzene rings is 2. The van der Waals surface area contributed by atoms with E-state index in [1.54, 1.807) is 31.2 Å². The summed E-state index contributed by atoms with van der Waals surface area (Å²) in [5.41, 5.74) is 0.465. The molecule has 3 aromatic rings. The zero-order valence-electron chi connectivity index (χ0n) is 18.5. The number of rotatable bonds is 9. The predicted molar refractivity (Wildman–Crippen MR) is 128 cm³/mol. The number of aliphatic hydroxyl groups is 1. The van der Waals surface area contributed by atoms with Crippen LogP contribution in [0.1, 0.15) is 18.9 Å². The van der Waals surface area contributed by atoms with Crippen LogP contribution in [0.25, 0.3) is 0 Å². The number of amides is 1. The molecule has 0 atom stereocenters. The fraction of sp³-hybridized carbons (Fsp3) is 0.190. The molecule has 1 amide bonds. The maximum absolute atomic E-state index is 12.5. The average Bonchev–Trinajstić information content (AvgIpc) is 3.19. The number of aliphatic hydroxyl groups excluding tert-OH is 1. The number of nitrogens with one attached hydrogen (secondary N) is 2. The summed E-state index contributed by atoms with van der Waals surface area (Å²) >= 11 is 1.11. The van der Waals surface area contributed by atoms with Gasteiger partial charge in [-0.3, -0.25) is 9.52 Å². The van der Waals surface area contributed by atoms with Gasteiger partial charge in [-0.1, -0.05) is 11.3 Å². The Kier molecular flexibility index (Phi) is 7.91. The summed E-state index contributed by atoms with van der Waals surface area (Å²) in [6, 6.07) is 12.2. The topological polar surface area (TPSA) is 155 Å². The number of anilines is 2. The second-order valence-electron chi connectivity index (χ2n) is 6.77. The van der Waals surface area contributed by atoms with Gasteiger partial charge in [0.15, 0.2) is 5.70 Å². The van der Waals surface area contributed by atoms with Gasteiger partial charge in [0.2, 0.25) is 5.13 Å². The number of sulfonamides is 1. The minimum absolute atomic E-state index is 0.0124. The van der Waals surface area contributed by atoms with Crippen LogP contribution in [0.4, 0.5) is 16.5 Å². The van der Waals surface area contributed by atoms with Gasteiger partial charge in [-0.25, -0.2) is 8.42 Å². The summed E-state index contributed by atoms with van der Waals surface area (Å²) in [5, 5.41) is 28.6. The first kappa shape index (κ1) is 24.8. The molecule has 0 aliphatic rings. The zero-order chi connectivity index (χ0) is 24.7. The van der Waals surface area contributed by atoms with Gasteiger partial charge < -0.3 is 15.2 Å². The van der Waals surface area contributed by atoms with E-state index < -0.39 is 15.9 Å². The lowest BCUT2D eigenvalue weighted by Gasteiger charge is -2.07. The molecule has 178 valence electrons. The SMILES string of the molecule is CCOc1ccc(NC(=O)/C(N=Nc2ccc(S(=O)(=O)Nc3nnc(C)s3)cc2)=C(\C)O)cc1. The Labute approximate surface area is 200 Å². The van der Waals surface area contributed by atoms with Gasteiger partial charge in [0, 0.05) is 5.69 Å². The molecule has 0 aliphatic heterocycles. The third-order valence-electron chi connectivity index (χ3n) is 4.14. The smallest absolute Gasteiger partial charge is 0.279 e. The molecule has 1 aromatic heterocycles. The van der Waals surface area contributed by atoms with Crippen LogP contribution in [0.3, 0.4) is 0 Å². The Balaban J connectivity index is 1.69. The number of azo groups is 1. The molecule has 3 rings (SSSR count). The van der Waals surface area contributed by atoms with Gasteiger partial charge in [0.05, 0.1) is 17.2 Å². The van der Waals surface area contributed by atoms with Crippen LogP contribution in [0.15, 0.2) is 75.1 Å². The van der Waals surface area contributed by atoms with Crippen molar-refractivity contribution in [3.05, 3.63) is 65.0 Å². The lowest BCUT2D eigenvalue weighted by molar-refractivity contribution is -0.113. The quantitative estimate of drug-likeness (QED) is 0.220. The van der Waals surface area contributed by atoms with Crippen molar-refractivity contribution in [1.82, 2.24) is 10.2 Å². The second kappa shape index (κ2) is 10.9. The summed E-state index contributed by atoms with van der Waals surface area (Å²) in [4.78, 5) is 12.5. The third-order valence-corrected chi connectivity index (χ3v) is 6.38. The Morgan fingerprint density at radius 2 is 1.79 bits per heavy atom. The highest BCUT2D eigenvalue weighted by Gasteiger charge is 2.17. The molecule has 0 saturated heterocycles. The van der Waals surface area contributed by atoms with Crippen LogP contribution >= 0.6 is 11.3 Å². The average molecular weight is 503 g/mol. The number of ether oxygens (including phenoxy) is 1. The van der Waals surface area contributed by atoms with E-state index in [-0.39, 0.29) is 27.2 Å². The molecular formula is C21H22N6O5S2. The van der Waals surface area contributed by atoms with E-state index in [2.05, 4.69) is 30.5 Å². The standard InChI is InChI=1S/C21H22N6O5S2/c1-4-32-17-9-5-15(6-10-17)22-20(29)19(13(2)28)25-24-16-7-11-18(12-8-16)34(30,31)27-21-26-23-14(3)33-21/h5-12,28H,4H2,1-3H3,(H,22,29)(H,26,27)/b19-13-,25-24?. The van der Waals surface area contributed by atoms with Gasteiger partial charge in [-0.05, 0) is 69.3 Å². The van der Waals surface area contributed by atoms with Crippen molar-refractivity contribution in [3.8, 4) is 5.75 Å². The molecule has 0 fully saturated rings. The van der Waals surface area contributed by atoms with Crippen molar-refractivity contribution >= 4 is 43.8 Å². The van der Waals surface area contributed by atoms with Crippen molar-refractivity contribution < 1.29 is 23.1 Å². The number of aryl methyl sites for hydroxylation is 1. The lowest BCUT2D eigenvalue weighted by atomic mass is 10.3. The minimum atomic E-state index is -3.85. The molecule has 0 aliphatic carbocycles. The van der Waals surface area contributed by atoms with Crippen LogP contribution in [-0.4, -0.2) is 36.2 Å². The van der Waals surface area contributed by atoms with Crippen LogP contribution in [0, 0.1) is 6.92 Å². The van der Waals surface area contributed by atoms with E-state index in [4.69, 9.17) is 4.74 Å². The molecule has 3 N–H and O–H groups in total. The number of allylic oxidation sites excluding steroid dienone is 1. The number of hydrogen-bond acceptors (Lipinski definition) is 10. The van der Waals surface area contributed by atoms with Crippen molar-refractivity contribution in [3.63, 3.8) is 0 Å². The molecule has 11 nitrogen and oxygen atoms in total. The summed E-state index contributed by atoms with van der Waals surface area (Å²) in [5.74, 6) is -0.333. The van der Waals surface area contributed by atoms with Crippen LogP contribution in [-0.2, 0) is 14.8 Å².